The minimum atomic E-state index is -5.07. The van der Waals surface area contributed by atoms with E-state index in [0.717, 1.165) is 12.1 Å². The molecule has 0 fully saturated rings. The third-order valence-corrected chi connectivity index (χ3v) is 14.0. The maximum atomic E-state index is 12.8. The van der Waals surface area contributed by atoms with Crippen LogP contribution in [-0.2, 0) is 19.2 Å². The summed E-state index contributed by atoms with van der Waals surface area (Å²) < 4.78 is 83.7. The summed E-state index contributed by atoms with van der Waals surface area (Å²) in [6, 6.07) is 2.79. The topological polar surface area (TPSA) is 18.5 Å². The fraction of sp³-hybridized carbons (Fsp3) is 0.647. The van der Waals surface area contributed by atoms with E-state index in [1.54, 1.807) is 0 Å². The second-order valence-electron chi connectivity index (χ2n) is 8.37. The van der Waals surface area contributed by atoms with Gasteiger partial charge in [-0.1, -0.05) is 0 Å². The Kier molecular flexibility index (Phi) is 7.50. The second-order valence-corrected chi connectivity index (χ2v) is 17.1. The fourth-order valence-electron chi connectivity index (χ4n) is 3.89. The zero-order chi connectivity index (χ0) is 22.3. The van der Waals surface area contributed by atoms with Gasteiger partial charge in [-0.2, -0.15) is 0 Å². The summed E-state index contributed by atoms with van der Waals surface area (Å²) in [6.07, 6.45) is -10.1. The Balaban J connectivity index is 3.87. The molecular formula is C17H23ClF6O2PPd. The van der Waals surface area contributed by atoms with Gasteiger partial charge >= 0.3 is 177 Å². The van der Waals surface area contributed by atoms with Gasteiger partial charge in [-0.05, 0) is 0 Å². The van der Waals surface area contributed by atoms with Crippen LogP contribution < -0.4 is 14.8 Å². The van der Waals surface area contributed by atoms with E-state index in [-0.39, 0.29) is 5.30 Å². The molecule has 0 aliphatic rings. The van der Waals surface area contributed by atoms with E-state index in [2.05, 4.69) is 28.7 Å². The van der Waals surface area contributed by atoms with Crippen molar-refractivity contribution in [2.24, 2.45) is 0 Å². The Morgan fingerprint density at radius 1 is 0.786 bits per heavy atom. The van der Waals surface area contributed by atoms with Crippen molar-refractivity contribution >= 4 is 24.2 Å². The van der Waals surface area contributed by atoms with Crippen molar-refractivity contribution in [3.63, 3.8) is 0 Å². The monoisotopic (exact) mass is 545 g/mol. The molecule has 1 aromatic rings. The van der Waals surface area contributed by atoms with Crippen LogP contribution in [0.3, 0.4) is 0 Å². The Labute approximate surface area is 177 Å². The Morgan fingerprint density at radius 3 is 1.32 bits per heavy atom. The molecule has 11 heteroatoms. The number of hydrogen-bond donors (Lipinski definition) is 0. The first-order valence-electron chi connectivity index (χ1n) is 8.12. The SMILES string of the molecule is CC(C)(C)[PH](c1cc(OC(F)(F)F)cc(OC(F)(F)F)c1)([CH](Cl)[Pd])C(C)(C)C. The van der Waals surface area contributed by atoms with Crippen molar-refractivity contribution in [2.45, 2.75) is 68.2 Å². The maximum absolute atomic E-state index is 12.8. The third-order valence-electron chi connectivity index (χ3n) is 4.47. The number of hydrogen-bond acceptors (Lipinski definition) is 2. The Bertz CT molecular complexity index is 645. The van der Waals surface area contributed by atoms with Gasteiger partial charge in [-0.3, -0.25) is 0 Å². The summed E-state index contributed by atoms with van der Waals surface area (Å²) in [4.78, 5) is 0. The molecule has 0 aliphatic heterocycles. The van der Waals surface area contributed by atoms with E-state index in [1.807, 2.05) is 41.5 Å². The number of halogens is 7. The summed E-state index contributed by atoms with van der Waals surface area (Å²) in [5, 5.41) is -0.813. The molecule has 0 heterocycles. The normalized spacial score (nSPS) is 16.0. The number of rotatable bonds is 4. The fourth-order valence-corrected chi connectivity index (χ4v) is 17.2. The van der Waals surface area contributed by atoms with Gasteiger partial charge in [-0.25, -0.2) is 0 Å². The number of ether oxygens (including phenoxy) is 2. The molecule has 1 unspecified atom stereocenters. The van der Waals surface area contributed by atoms with Crippen LogP contribution >= 0.6 is 18.9 Å². The van der Waals surface area contributed by atoms with Crippen LogP contribution in [0.15, 0.2) is 18.2 Å². The molecular weight excluding hydrogens is 523 g/mol. The second kappa shape index (κ2) is 8.13. The van der Waals surface area contributed by atoms with Crippen molar-refractivity contribution in [3.05, 3.63) is 18.2 Å². The first-order chi connectivity index (χ1) is 12.2. The van der Waals surface area contributed by atoms with Crippen LogP contribution in [0.5, 0.6) is 11.5 Å². The zero-order valence-electron chi connectivity index (χ0n) is 16.1. The first kappa shape index (κ1) is 25.8. The van der Waals surface area contributed by atoms with Crippen LogP contribution in [-0.4, -0.2) is 26.6 Å². The molecule has 0 aromatic heterocycles. The summed E-state index contributed by atoms with van der Waals surface area (Å²) in [7, 11) is -3.06. The van der Waals surface area contributed by atoms with E-state index in [1.165, 1.54) is 0 Å². The van der Waals surface area contributed by atoms with Crippen LogP contribution in [0.2, 0.25) is 0 Å². The van der Waals surface area contributed by atoms with Crippen LogP contribution in [0, 0.1) is 0 Å². The van der Waals surface area contributed by atoms with Crippen molar-refractivity contribution in [1.29, 1.82) is 0 Å². The Hall–Kier alpha value is -0.218. The van der Waals surface area contributed by atoms with E-state index in [9.17, 15) is 26.3 Å². The molecule has 0 spiro atoms. The van der Waals surface area contributed by atoms with E-state index >= 15 is 0 Å². The van der Waals surface area contributed by atoms with Gasteiger partial charge < -0.3 is 0 Å². The van der Waals surface area contributed by atoms with Gasteiger partial charge in [0.2, 0.25) is 0 Å². The zero-order valence-corrected chi connectivity index (χ0v) is 19.4. The summed E-state index contributed by atoms with van der Waals surface area (Å²) in [5.74, 6) is -1.58. The van der Waals surface area contributed by atoms with E-state index in [0.29, 0.717) is 6.07 Å². The van der Waals surface area contributed by atoms with Crippen molar-refractivity contribution in [3.8, 4) is 11.5 Å². The molecule has 0 radical (unpaired) electrons. The third kappa shape index (κ3) is 5.91. The Morgan fingerprint density at radius 2 is 1.11 bits per heavy atom. The van der Waals surface area contributed by atoms with Gasteiger partial charge in [0, 0.05) is 0 Å². The minimum absolute atomic E-state index is 0.264. The quantitative estimate of drug-likeness (QED) is 0.185. The molecule has 0 saturated carbocycles. The summed E-state index contributed by atoms with van der Waals surface area (Å²) in [6.45, 7) is 11.2. The molecule has 1 atom stereocenters. The predicted octanol–water partition coefficient (Wildman–Crippen LogP) is 6.53. The van der Waals surface area contributed by atoms with E-state index < -0.39 is 45.4 Å². The molecule has 1 rings (SSSR count). The predicted molar refractivity (Wildman–Crippen MR) is 96.9 cm³/mol. The molecule has 0 amide bonds. The first-order valence-corrected chi connectivity index (χ1v) is 11.5. The number of benzene rings is 1. The van der Waals surface area contributed by atoms with Crippen molar-refractivity contribution < 1.29 is 55.0 Å². The average Bonchev–Trinajstić information content (AvgIpc) is 2.29. The summed E-state index contributed by atoms with van der Waals surface area (Å²) in [5.41, 5.74) is 0. The molecule has 167 valence electrons. The molecule has 0 saturated heterocycles. The van der Waals surface area contributed by atoms with Gasteiger partial charge in [0.15, 0.2) is 0 Å². The van der Waals surface area contributed by atoms with E-state index in [4.69, 9.17) is 11.6 Å². The van der Waals surface area contributed by atoms with Crippen LogP contribution in [0.1, 0.15) is 41.5 Å². The standard InChI is InChI=1S/C17H23ClF6O2P.Pd/c1-14(2,3)27(10-18,15(4,5)6)13-8-11(25-16(19,20)21)7-12(9-13)26-17(22,23)24;/h7-10,27H,1-6H3;. The molecule has 0 aliphatic carbocycles. The van der Waals surface area contributed by atoms with Crippen LogP contribution in [0.25, 0.3) is 0 Å². The molecule has 2 nitrogen and oxygen atoms in total. The van der Waals surface area contributed by atoms with Crippen molar-refractivity contribution in [1.82, 2.24) is 0 Å². The average molecular weight is 546 g/mol. The number of alkyl halides is 7. The van der Waals surface area contributed by atoms with Crippen LogP contribution in [0.4, 0.5) is 26.3 Å². The van der Waals surface area contributed by atoms with Gasteiger partial charge in [-0.15, -0.1) is 0 Å². The molecule has 0 bridgehead atoms. The van der Waals surface area contributed by atoms with Crippen molar-refractivity contribution in [2.75, 3.05) is 0 Å². The summed E-state index contributed by atoms with van der Waals surface area (Å²) >= 11 is 9.59. The molecule has 28 heavy (non-hydrogen) atoms. The van der Waals surface area contributed by atoms with Gasteiger partial charge in [0.1, 0.15) is 0 Å². The molecule has 1 aromatic carbocycles. The van der Waals surface area contributed by atoms with Gasteiger partial charge in [0.25, 0.3) is 0 Å². The molecule has 0 N–H and O–H groups in total. The van der Waals surface area contributed by atoms with Gasteiger partial charge in [0.05, 0.1) is 0 Å².